The molecule has 1 unspecified atom stereocenters. The van der Waals surface area contributed by atoms with E-state index in [0.717, 1.165) is 24.5 Å². The fourth-order valence-corrected chi connectivity index (χ4v) is 2.92. The van der Waals surface area contributed by atoms with Crippen molar-refractivity contribution < 1.29 is 31.8 Å². The molecule has 0 spiro atoms. The number of hydrogen-bond acceptors (Lipinski definition) is 5. The van der Waals surface area contributed by atoms with Crippen LogP contribution in [0.25, 0.3) is 11.5 Å². The Bertz CT molecular complexity index is 1170. The average molecular weight is 448 g/mol. The number of halogens is 5. The maximum atomic E-state index is 14.6. The lowest BCUT2D eigenvalue weighted by atomic mass is 10.2. The molecule has 2 heterocycles. The van der Waals surface area contributed by atoms with E-state index in [0.29, 0.717) is 15.0 Å². The van der Waals surface area contributed by atoms with Gasteiger partial charge >= 0.3 is 12.1 Å². The number of benzene rings is 1. The Kier molecular flexibility index (Phi) is 5.75. The number of ether oxygens (including phenoxy) is 2. The van der Waals surface area contributed by atoms with Crippen LogP contribution in [-0.2, 0) is 15.7 Å². The number of nitrogens with zero attached hydrogens (tertiary/aromatic N) is 3. The van der Waals surface area contributed by atoms with Crippen molar-refractivity contribution in [2.24, 2.45) is 0 Å². The Morgan fingerprint density at radius 2 is 2.00 bits per heavy atom. The molecule has 0 radical (unpaired) electrons. The van der Waals surface area contributed by atoms with Crippen LogP contribution in [0.2, 0.25) is 5.02 Å². The Labute approximate surface area is 171 Å². The average Bonchev–Trinajstić information content (AvgIpc) is 3.12. The zero-order valence-electron chi connectivity index (χ0n) is 15.5. The van der Waals surface area contributed by atoms with Crippen molar-refractivity contribution in [1.82, 2.24) is 14.0 Å². The van der Waals surface area contributed by atoms with E-state index in [1.54, 1.807) is 6.92 Å². The lowest BCUT2D eigenvalue weighted by Crippen LogP contribution is -2.27. The number of imidazole rings is 1. The number of aromatic nitrogens is 3. The van der Waals surface area contributed by atoms with Gasteiger partial charge in [-0.15, -0.1) is 0 Å². The maximum absolute atomic E-state index is 14.6. The van der Waals surface area contributed by atoms with Gasteiger partial charge in [-0.05, 0) is 19.9 Å². The second-order valence-corrected chi connectivity index (χ2v) is 6.45. The van der Waals surface area contributed by atoms with E-state index in [4.69, 9.17) is 21.1 Å². The summed E-state index contributed by atoms with van der Waals surface area (Å²) in [4.78, 5) is 28.0. The van der Waals surface area contributed by atoms with Gasteiger partial charge in [0.15, 0.2) is 6.10 Å². The topological polar surface area (TPSA) is 74.8 Å². The molecule has 2 aromatic heterocycles. The molecule has 3 aromatic rings. The van der Waals surface area contributed by atoms with Gasteiger partial charge < -0.3 is 9.47 Å². The molecule has 0 fully saturated rings. The van der Waals surface area contributed by atoms with E-state index >= 15 is 0 Å². The van der Waals surface area contributed by atoms with E-state index in [2.05, 4.69) is 4.98 Å². The van der Waals surface area contributed by atoms with Gasteiger partial charge in [-0.25, -0.2) is 18.7 Å². The van der Waals surface area contributed by atoms with Crippen LogP contribution in [0.5, 0.6) is 5.75 Å². The number of hydrogen-bond donors (Lipinski definition) is 0. The van der Waals surface area contributed by atoms with Crippen molar-refractivity contribution in [2.75, 3.05) is 6.61 Å². The maximum Gasteiger partial charge on any atom is 0.432 e. The van der Waals surface area contributed by atoms with Crippen molar-refractivity contribution in [3.05, 3.63) is 57.5 Å². The van der Waals surface area contributed by atoms with Crippen molar-refractivity contribution >= 4 is 23.3 Å². The second kappa shape index (κ2) is 7.98. The first-order chi connectivity index (χ1) is 14.0. The van der Waals surface area contributed by atoms with Gasteiger partial charge in [-0.2, -0.15) is 13.2 Å². The molecule has 1 aromatic carbocycles. The Hall–Kier alpha value is -3.08. The lowest BCUT2D eigenvalue weighted by molar-refractivity contribution is -0.150. The summed E-state index contributed by atoms with van der Waals surface area (Å²) in [7, 11) is 0. The molecule has 12 heteroatoms. The number of esters is 1. The third kappa shape index (κ3) is 3.97. The van der Waals surface area contributed by atoms with Crippen molar-refractivity contribution in [3.63, 3.8) is 0 Å². The van der Waals surface area contributed by atoms with Gasteiger partial charge in [0.05, 0.1) is 17.3 Å². The molecule has 0 saturated heterocycles. The first kappa shape index (κ1) is 21.6. The normalized spacial score (nSPS) is 12.8. The SMILES string of the molecule is CCOC(=O)C(C)Oc1cc(-n2c(=O)cc(C(F)(F)F)n3ccnc23)c(F)cc1Cl. The van der Waals surface area contributed by atoms with Gasteiger partial charge in [0.25, 0.3) is 5.56 Å². The molecule has 0 aliphatic rings. The summed E-state index contributed by atoms with van der Waals surface area (Å²) in [6.07, 6.45) is -3.92. The Balaban J connectivity index is 2.17. The minimum atomic E-state index is -4.83. The fraction of sp³-hybridized carbons (Fsp3) is 0.278. The summed E-state index contributed by atoms with van der Waals surface area (Å²) in [6, 6.07) is 2.13. The largest absolute Gasteiger partial charge is 0.477 e. The number of carbonyl (C=O) groups is 1. The van der Waals surface area contributed by atoms with E-state index < -0.39 is 46.8 Å². The summed E-state index contributed by atoms with van der Waals surface area (Å²) in [5.41, 5.74) is -2.90. The molecule has 30 heavy (non-hydrogen) atoms. The smallest absolute Gasteiger partial charge is 0.432 e. The standard InChI is InChI=1S/C18H14ClF4N3O4/c1-3-29-16(28)9(2)30-13-7-12(11(20)6-10(13)19)26-15(27)8-14(18(21,22)23)25-5-4-24-17(25)26/h4-9H,3H2,1-2H3. The minimum Gasteiger partial charge on any atom is -0.477 e. The summed E-state index contributed by atoms with van der Waals surface area (Å²) in [5.74, 6) is -2.37. The zero-order chi connectivity index (χ0) is 22.2. The monoisotopic (exact) mass is 447 g/mol. The van der Waals surface area contributed by atoms with Gasteiger partial charge in [0.1, 0.15) is 17.3 Å². The lowest BCUT2D eigenvalue weighted by Gasteiger charge is -2.17. The van der Waals surface area contributed by atoms with Gasteiger partial charge in [-0.1, -0.05) is 11.6 Å². The highest BCUT2D eigenvalue weighted by Gasteiger charge is 2.35. The molecule has 160 valence electrons. The van der Waals surface area contributed by atoms with Gasteiger partial charge in [0, 0.05) is 24.5 Å². The van der Waals surface area contributed by atoms with Crippen LogP contribution in [0.4, 0.5) is 17.6 Å². The molecule has 0 aliphatic heterocycles. The van der Waals surface area contributed by atoms with E-state index in [1.807, 2.05) is 0 Å². The van der Waals surface area contributed by atoms with Crippen LogP contribution in [0, 0.1) is 5.82 Å². The second-order valence-electron chi connectivity index (χ2n) is 6.04. The predicted molar refractivity (Wildman–Crippen MR) is 97.5 cm³/mol. The zero-order valence-corrected chi connectivity index (χ0v) is 16.3. The van der Waals surface area contributed by atoms with Crippen LogP contribution < -0.4 is 10.3 Å². The molecular weight excluding hydrogens is 434 g/mol. The van der Waals surface area contributed by atoms with Crippen molar-refractivity contribution in [1.29, 1.82) is 0 Å². The van der Waals surface area contributed by atoms with E-state index in [1.165, 1.54) is 6.92 Å². The molecule has 1 atom stereocenters. The Morgan fingerprint density at radius 3 is 2.63 bits per heavy atom. The molecule has 7 nitrogen and oxygen atoms in total. The third-order valence-corrected chi connectivity index (χ3v) is 4.31. The molecule has 0 aliphatic carbocycles. The molecule has 0 N–H and O–H groups in total. The van der Waals surface area contributed by atoms with Crippen LogP contribution in [0.3, 0.4) is 0 Å². The third-order valence-electron chi connectivity index (χ3n) is 4.02. The van der Waals surface area contributed by atoms with Gasteiger partial charge in [-0.3, -0.25) is 9.20 Å². The molecule has 0 amide bonds. The fourth-order valence-electron chi connectivity index (χ4n) is 2.72. The molecule has 0 bridgehead atoms. The summed E-state index contributed by atoms with van der Waals surface area (Å²) in [5, 5.41) is -0.216. The summed E-state index contributed by atoms with van der Waals surface area (Å²) in [6.45, 7) is 3.07. The van der Waals surface area contributed by atoms with Crippen LogP contribution in [0.15, 0.2) is 35.4 Å². The molecule has 3 rings (SSSR count). The first-order valence-corrected chi connectivity index (χ1v) is 8.91. The highest BCUT2D eigenvalue weighted by molar-refractivity contribution is 6.32. The predicted octanol–water partition coefficient (Wildman–Crippen LogP) is 3.63. The summed E-state index contributed by atoms with van der Waals surface area (Å²) >= 11 is 5.96. The highest BCUT2D eigenvalue weighted by Crippen LogP contribution is 2.32. The first-order valence-electron chi connectivity index (χ1n) is 8.53. The highest BCUT2D eigenvalue weighted by atomic mass is 35.5. The van der Waals surface area contributed by atoms with E-state index in [9.17, 15) is 27.2 Å². The van der Waals surface area contributed by atoms with Gasteiger partial charge in [0.2, 0.25) is 5.78 Å². The Morgan fingerprint density at radius 1 is 1.30 bits per heavy atom. The van der Waals surface area contributed by atoms with E-state index in [-0.39, 0.29) is 17.4 Å². The van der Waals surface area contributed by atoms with Crippen LogP contribution in [0.1, 0.15) is 19.5 Å². The quantitative estimate of drug-likeness (QED) is 0.441. The van der Waals surface area contributed by atoms with Crippen molar-refractivity contribution in [2.45, 2.75) is 26.1 Å². The van der Waals surface area contributed by atoms with Crippen LogP contribution >= 0.6 is 11.6 Å². The summed E-state index contributed by atoms with van der Waals surface area (Å²) < 4.78 is 65.8. The minimum absolute atomic E-state index is 0.105. The number of fused-ring (bicyclic) bond motifs is 1. The number of rotatable bonds is 5. The number of alkyl halides is 3. The molecular formula is C18H14ClF4N3O4. The van der Waals surface area contributed by atoms with Crippen molar-refractivity contribution in [3.8, 4) is 11.4 Å². The molecule has 0 saturated carbocycles. The number of carbonyl (C=O) groups excluding carboxylic acids is 1. The van der Waals surface area contributed by atoms with Crippen LogP contribution in [-0.4, -0.2) is 32.6 Å².